The van der Waals surface area contributed by atoms with Crippen LogP contribution in [-0.4, -0.2) is 31.4 Å². The Hall–Kier alpha value is -1.23. The van der Waals surface area contributed by atoms with E-state index in [0.717, 1.165) is 11.5 Å². The average molecular weight is 293 g/mol. The molecule has 1 aromatic rings. The van der Waals surface area contributed by atoms with E-state index in [1.807, 2.05) is 0 Å². The van der Waals surface area contributed by atoms with E-state index in [-0.39, 0.29) is 5.91 Å². The smallest absolute Gasteiger partial charge is 0.265 e. The lowest BCUT2D eigenvalue weighted by Crippen LogP contribution is -2.21. The van der Waals surface area contributed by atoms with Gasteiger partial charge in [-0.15, -0.1) is 11.3 Å². The molecule has 1 heterocycles. The van der Waals surface area contributed by atoms with Crippen LogP contribution >= 0.6 is 11.3 Å². The van der Waals surface area contributed by atoms with Crippen molar-refractivity contribution in [3.63, 3.8) is 0 Å². The van der Waals surface area contributed by atoms with Gasteiger partial charge in [-0.1, -0.05) is 6.92 Å². The van der Waals surface area contributed by atoms with Gasteiger partial charge in [0.25, 0.3) is 5.91 Å². The van der Waals surface area contributed by atoms with Crippen molar-refractivity contribution in [1.29, 1.82) is 0 Å². The molecule has 2 aliphatic carbocycles. The molecule has 5 heteroatoms. The Kier molecular flexibility index (Phi) is 3.20. The fourth-order valence-corrected chi connectivity index (χ4v) is 3.64. The molecule has 0 bridgehead atoms. The number of hydrogen-bond acceptors (Lipinski definition) is 4. The topological polar surface area (TPSA) is 58.4 Å². The summed E-state index contributed by atoms with van der Waals surface area (Å²) in [6.07, 6.45) is 4.98. The third-order valence-corrected chi connectivity index (χ3v) is 5.52. The van der Waals surface area contributed by atoms with Crippen LogP contribution in [0.25, 0.3) is 0 Å². The van der Waals surface area contributed by atoms with E-state index in [4.69, 9.17) is 5.73 Å². The molecule has 2 saturated carbocycles. The number of amides is 1. The van der Waals surface area contributed by atoms with Crippen LogP contribution in [0.3, 0.4) is 0 Å². The molecule has 0 radical (unpaired) electrons. The highest BCUT2D eigenvalue weighted by Gasteiger charge is 2.38. The monoisotopic (exact) mass is 293 g/mol. The van der Waals surface area contributed by atoms with Crippen LogP contribution in [0.1, 0.15) is 53.8 Å². The van der Waals surface area contributed by atoms with Crippen molar-refractivity contribution in [2.24, 2.45) is 5.41 Å². The summed E-state index contributed by atoms with van der Waals surface area (Å²) in [5.74, 6) is 0.574. The Morgan fingerprint density at radius 2 is 2.10 bits per heavy atom. The van der Waals surface area contributed by atoms with Gasteiger partial charge in [-0.2, -0.15) is 0 Å². The molecule has 0 atom stereocenters. The average Bonchev–Trinajstić information content (AvgIpc) is 3.30. The molecular formula is C15H23N3OS. The van der Waals surface area contributed by atoms with Gasteiger partial charge in [-0.25, -0.2) is 0 Å². The second-order valence-electron chi connectivity index (χ2n) is 6.73. The number of nitrogens with two attached hydrogens (primary N) is 1. The predicted octanol–water partition coefficient (Wildman–Crippen LogP) is 3.12. The van der Waals surface area contributed by atoms with Gasteiger partial charge in [0.05, 0.1) is 10.7 Å². The van der Waals surface area contributed by atoms with Crippen LogP contribution in [0, 0.1) is 5.41 Å². The van der Waals surface area contributed by atoms with Gasteiger partial charge in [-0.05, 0) is 37.0 Å². The van der Waals surface area contributed by atoms with Crippen LogP contribution in [0.15, 0.2) is 0 Å². The SMILES string of the molecule is CN(C)C(=O)c1sc(NCC2(C)CC2)c(C2CC2)c1N. The van der Waals surface area contributed by atoms with Gasteiger partial charge in [0.2, 0.25) is 0 Å². The zero-order valence-electron chi connectivity index (χ0n) is 12.5. The Morgan fingerprint density at radius 1 is 1.45 bits per heavy atom. The van der Waals surface area contributed by atoms with Gasteiger partial charge < -0.3 is 16.0 Å². The molecule has 1 aromatic heterocycles. The number of thiophene rings is 1. The lowest BCUT2D eigenvalue weighted by atomic mass is 10.1. The van der Waals surface area contributed by atoms with Crippen molar-refractivity contribution in [2.45, 2.75) is 38.5 Å². The number of carbonyl (C=O) groups is 1. The molecule has 0 spiro atoms. The third kappa shape index (κ3) is 2.51. The van der Waals surface area contributed by atoms with Crippen molar-refractivity contribution in [1.82, 2.24) is 4.90 Å². The fourth-order valence-electron chi connectivity index (χ4n) is 2.41. The first-order valence-corrected chi connectivity index (χ1v) is 8.10. The first-order chi connectivity index (χ1) is 9.41. The van der Waals surface area contributed by atoms with E-state index < -0.39 is 0 Å². The van der Waals surface area contributed by atoms with Gasteiger partial charge >= 0.3 is 0 Å². The van der Waals surface area contributed by atoms with E-state index in [9.17, 15) is 4.79 Å². The van der Waals surface area contributed by atoms with Crippen molar-refractivity contribution < 1.29 is 4.79 Å². The Balaban J connectivity index is 1.87. The van der Waals surface area contributed by atoms with Crippen molar-refractivity contribution in [3.8, 4) is 0 Å². The number of nitrogens with one attached hydrogen (secondary N) is 1. The number of nitrogens with zero attached hydrogens (tertiary/aromatic N) is 1. The van der Waals surface area contributed by atoms with Crippen LogP contribution in [-0.2, 0) is 0 Å². The second kappa shape index (κ2) is 4.65. The minimum atomic E-state index is 0.0140. The summed E-state index contributed by atoms with van der Waals surface area (Å²) in [5, 5.41) is 4.69. The Labute approximate surface area is 124 Å². The van der Waals surface area contributed by atoms with Gasteiger partial charge in [0, 0.05) is 26.2 Å². The van der Waals surface area contributed by atoms with E-state index >= 15 is 0 Å². The molecule has 4 nitrogen and oxygen atoms in total. The molecule has 0 aromatic carbocycles. The summed E-state index contributed by atoms with van der Waals surface area (Å²) in [7, 11) is 3.55. The predicted molar refractivity (Wildman–Crippen MR) is 84.6 cm³/mol. The van der Waals surface area contributed by atoms with E-state index in [1.165, 1.54) is 42.6 Å². The summed E-state index contributed by atoms with van der Waals surface area (Å²) in [6.45, 7) is 3.29. The number of rotatable bonds is 5. The number of nitrogen functional groups attached to an aromatic ring is 1. The van der Waals surface area contributed by atoms with Crippen molar-refractivity contribution >= 4 is 27.9 Å². The molecule has 1 amide bonds. The number of carbonyl (C=O) groups excluding carboxylic acids is 1. The molecule has 0 unspecified atom stereocenters. The van der Waals surface area contributed by atoms with Crippen LogP contribution in [0.2, 0.25) is 0 Å². The summed E-state index contributed by atoms with van der Waals surface area (Å²) in [5.41, 5.74) is 8.62. The first kappa shape index (κ1) is 13.7. The fraction of sp³-hybridized carbons (Fsp3) is 0.667. The molecule has 20 heavy (non-hydrogen) atoms. The first-order valence-electron chi connectivity index (χ1n) is 7.29. The normalized spacial score (nSPS) is 19.8. The second-order valence-corrected chi connectivity index (χ2v) is 7.75. The van der Waals surface area contributed by atoms with Crippen molar-refractivity contribution in [2.75, 3.05) is 31.7 Å². The molecule has 2 aliphatic rings. The highest BCUT2D eigenvalue weighted by atomic mass is 32.1. The standard InChI is InChI=1S/C15H23N3OS/c1-15(6-7-15)8-17-13-10(9-4-5-9)11(16)12(20-13)14(19)18(2)3/h9,17H,4-8,16H2,1-3H3. The number of anilines is 2. The zero-order chi connectivity index (χ0) is 14.5. The molecule has 0 aliphatic heterocycles. The lowest BCUT2D eigenvalue weighted by molar-refractivity contribution is 0.0833. The van der Waals surface area contributed by atoms with Crippen molar-refractivity contribution in [3.05, 3.63) is 10.4 Å². The van der Waals surface area contributed by atoms with Gasteiger partial charge in [0.1, 0.15) is 4.88 Å². The molecule has 3 N–H and O–H groups in total. The highest BCUT2D eigenvalue weighted by molar-refractivity contribution is 7.18. The minimum Gasteiger partial charge on any atom is -0.397 e. The lowest BCUT2D eigenvalue weighted by Gasteiger charge is -2.11. The summed E-state index contributed by atoms with van der Waals surface area (Å²) in [4.78, 5) is 14.5. The molecule has 110 valence electrons. The highest BCUT2D eigenvalue weighted by Crippen LogP contribution is 2.52. The molecule has 2 fully saturated rings. The van der Waals surface area contributed by atoms with E-state index in [0.29, 0.717) is 21.9 Å². The summed E-state index contributed by atoms with van der Waals surface area (Å²) >= 11 is 1.53. The maximum atomic E-state index is 12.2. The minimum absolute atomic E-state index is 0.0140. The van der Waals surface area contributed by atoms with Crippen LogP contribution in [0.5, 0.6) is 0 Å². The maximum Gasteiger partial charge on any atom is 0.265 e. The van der Waals surface area contributed by atoms with E-state index in [1.54, 1.807) is 19.0 Å². The quantitative estimate of drug-likeness (QED) is 0.877. The van der Waals surface area contributed by atoms with Gasteiger partial charge in [0.15, 0.2) is 0 Å². The van der Waals surface area contributed by atoms with Gasteiger partial charge in [-0.3, -0.25) is 4.79 Å². The summed E-state index contributed by atoms with van der Waals surface area (Å²) in [6, 6.07) is 0. The van der Waals surface area contributed by atoms with Crippen LogP contribution < -0.4 is 11.1 Å². The largest absolute Gasteiger partial charge is 0.397 e. The number of hydrogen-bond donors (Lipinski definition) is 2. The van der Waals surface area contributed by atoms with Crippen LogP contribution in [0.4, 0.5) is 10.7 Å². The Bertz CT molecular complexity index is 542. The molecular weight excluding hydrogens is 270 g/mol. The maximum absolute atomic E-state index is 12.2. The summed E-state index contributed by atoms with van der Waals surface area (Å²) < 4.78 is 0. The molecule has 0 saturated heterocycles. The third-order valence-electron chi connectivity index (χ3n) is 4.35. The molecule has 3 rings (SSSR count). The van der Waals surface area contributed by atoms with E-state index in [2.05, 4.69) is 12.2 Å². The zero-order valence-corrected chi connectivity index (χ0v) is 13.3. The Morgan fingerprint density at radius 3 is 2.60 bits per heavy atom.